The number of rotatable bonds is 7. The molecule has 0 spiro atoms. The molecule has 2 aromatic carbocycles. The molecule has 1 aliphatic rings. The van der Waals surface area contributed by atoms with Crippen molar-refractivity contribution >= 4 is 22.8 Å². The van der Waals surface area contributed by atoms with Gasteiger partial charge < -0.3 is 16.0 Å². The third kappa shape index (κ3) is 6.15. The van der Waals surface area contributed by atoms with Crippen molar-refractivity contribution in [1.82, 2.24) is 20.5 Å². The zero-order chi connectivity index (χ0) is 21.5. The third-order valence-corrected chi connectivity index (χ3v) is 5.56. The van der Waals surface area contributed by atoms with Crippen LogP contribution in [0.2, 0.25) is 0 Å². The molecule has 3 N–H and O–H groups in total. The van der Waals surface area contributed by atoms with Crippen LogP contribution in [0.5, 0.6) is 0 Å². The topological polar surface area (TPSA) is 69.3 Å². The molecular formula is C24H28FN5O. The molecule has 3 aromatic rings. The van der Waals surface area contributed by atoms with Crippen LogP contribution in [0.3, 0.4) is 0 Å². The molecule has 31 heavy (non-hydrogen) atoms. The number of aromatic nitrogens is 1. The van der Waals surface area contributed by atoms with Gasteiger partial charge in [0.1, 0.15) is 11.6 Å². The minimum absolute atomic E-state index is 0.134. The Balaban J connectivity index is 1.12. The summed E-state index contributed by atoms with van der Waals surface area (Å²) in [6.45, 7) is 3.77. The fraction of sp³-hybridized carbons (Fsp3) is 0.333. The minimum Gasteiger partial charge on any atom is -0.368 e. The van der Waals surface area contributed by atoms with Gasteiger partial charge in [0, 0.05) is 44.2 Å². The fourth-order valence-corrected chi connectivity index (χ4v) is 3.85. The number of halogens is 1. The number of piperidine rings is 1. The minimum atomic E-state index is -0.207. The van der Waals surface area contributed by atoms with E-state index < -0.39 is 0 Å². The highest BCUT2D eigenvalue weighted by molar-refractivity contribution is 5.80. The Hall–Kier alpha value is -3.19. The zero-order valence-electron chi connectivity index (χ0n) is 17.5. The maximum Gasteiger partial charge on any atom is 0.315 e. The number of pyridine rings is 1. The van der Waals surface area contributed by atoms with E-state index in [2.05, 4.69) is 25.8 Å². The Labute approximate surface area is 181 Å². The lowest BCUT2D eigenvalue weighted by Gasteiger charge is -2.32. The number of para-hydroxylation sites is 1. The first-order valence-electron chi connectivity index (χ1n) is 10.8. The highest BCUT2D eigenvalue weighted by Crippen LogP contribution is 2.15. The van der Waals surface area contributed by atoms with Gasteiger partial charge in [0.15, 0.2) is 0 Å². The molecule has 0 atom stereocenters. The van der Waals surface area contributed by atoms with Crippen molar-refractivity contribution in [3.05, 3.63) is 72.0 Å². The maximum absolute atomic E-state index is 13.0. The lowest BCUT2D eigenvalue weighted by Crippen LogP contribution is -2.48. The molecule has 0 aliphatic carbocycles. The second kappa shape index (κ2) is 10.2. The first-order valence-corrected chi connectivity index (χ1v) is 10.8. The van der Waals surface area contributed by atoms with Crippen LogP contribution in [0.25, 0.3) is 10.9 Å². The number of likely N-dealkylation sites (tertiary alicyclic amines) is 1. The van der Waals surface area contributed by atoms with Crippen molar-refractivity contribution < 1.29 is 9.18 Å². The molecule has 1 saturated heterocycles. The Morgan fingerprint density at radius 2 is 1.77 bits per heavy atom. The number of amides is 2. The molecule has 1 aliphatic heterocycles. The van der Waals surface area contributed by atoms with E-state index in [1.807, 2.05) is 48.5 Å². The molecule has 2 amide bonds. The standard InChI is InChI=1S/C24H28FN5O/c25-20-8-5-18(6-9-20)17-30-15-11-21(12-16-30)28-24(31)27-14-13-26-23-10-7-19-3-1-2-4-22(19)29-23/h1-10,21H,11-17H2,(H,26,29)(H2,27,28,31). The van der Waals surface area contributed by atoms with Crippen LogP contribution < -0.4 is 16.0 Å². The molecule has 0 radical (unpaired) electrons. The van der Waals surface area contributed by atoms with Gasteiger partial charge in [-0.25, -0.2) is 14.2 Å². The van der Waals surface area contributed by atoms with Crippen LogP contribution in [-0.4, -0.2) is 48.1 Å². The molecule has 162 valence electrons. The number of hydrogen-bond donors (Lipinski definition) is 3. The van der Waals surface area contributed by atoms with Crippen molar-refractivity contribution in [2.24, 2.45) is 0 Å². The van der Waals surface area contributed by atoms with E-state index in [4.69, 9.17) is 0 Å². The fourth-order valence-electron chi connectivity index (χ4n) is 3.85. The van der Waals surface area contributed by atoms with Crippen LogP contribution in [0.15, 0.2) is 60.7 Å². The molecule has 0 saturated carbocycles. The van der Waals surface area contributed by atoms with Crippen LogP contribution in [-0.2, 0) is 6.54 Å². The normalized spacial score (nSPS) is 15.0. The van der Waals surface area contributed by atoms with Crippen molar-refractivity contribution in [3.8, 4) is 0 Å². The van der Waals surface area contributed by atoms with Crippen LogP contribution in [0.1, 0.15) is 18.4 Å². The number of nitrogens with one attached hydrogen (secondary N) is 3. The monoisotopic (exact) mass is 421 g/mol. The van der Waals surface area contributed by atoms with Gasteiger partial charge in [0.05, 0.1) is 5.52 Å². The summed E-state index contributed by atoms with van der Waals surface area (Å²) in [6, 6.07) is 18.7. The highest BCUT2D eigenvalue weighted by Gasteiger charge is 2.20. The summed E-state index contributed by atoms with van der Waals surface area (Å²) >= 11 is 0. The van der Waals surface area contributed by atoms with Crippen molar-refractivity contribution in [2.75, 3.05) is 31.5 Å². The number of benzene rings is 2. The number of fused-ring (bicyclic) bond motifs is 1. The summed E-state index contributed by atoms with van der Waals surface area (Å²) < 4.78 is 13.0. The number of carbonyl (C=O) groups excluding carboxylic acids is 1. The first-order chi connectivity index (χ1) is 15.2. The zero-order valence-corrected chi connectivity index (χ0v) is 17.5. The lowest BCUT2D eigenvalue weighted by molar-refractivity contribution is 0.187. The molecule has 6 nitrogen and oxygen atoms in total. The molecule has 2 heterocycles. The van der Waals surface area contributed by atoms with Gasteiger partial charge in [0.2, 0.25) is 0 Å². The summed E-state index contributed by atoms with van der Waals surface area (Å²) in [5.74, 6) is 0.593. The Kier molecular flexibility index (Phi) is 6.94. The summed E-state index contributed by atoms with van der Waals surface area (Å²) in [7, 11) is 0. The second-order valence-corrected chi connectivity index (χ2v) is 7.89. The predicted molar refractivity (Wildman–Crippen MR) is 121 cm³/mol. The molecule has 1 aromatic heterocycles. The third-order valence-electron chi connectivity index (χ3n) is 5.56. The Bertz CT molecular complexity index is 1000. The first kappa shape index (κ1) is 21.1. The SMILES string of the molecule is O=C(NCCNc1ccc2ccccc2n1)NC1CCN(Cc2ccc(F)cc2)CC1. The summed E-state index contributed by atoms with van der Waals surface area (Å²) in [5.41, 5.74) is 2.06. The van der Waals surface area contributed by atoms with Gasteiger partial charge >= 0.3 is 6.03 Å². The largest absolute Gasteiger partial charge is 0.368 e. The van der Waals surface area contributed by atoms with Gasteiger partial charge in [0.25, 0.3) is 0 Å². The second-order valence-electron chi connectivity index (χ2n) is 7.89. The average Bonchev–Trinajstić information content (AvgIpc) is 2.79. The smallest absolute Gasteiger partial charge is 0.315 e. The summed E-state index contributed by atoms with van der Waals surface area (Å²) in [4.78, 5) is 19.1. The van der Waals surface area contributed by atoms with Gasteiger partial charge in [-0.3, -0.25) is 4.90 Å². The number of nitrogens with zero attached hydrogens (tertiary/aromatic N) is 2. The molecule has 1 fully saturated rings. The van der Waals surface area contributed by atoms with Crippen LogP contribution in [0.4, 0.5) is 15.0 Å². The number of urea groups is 1. The van der Waals surface area contributed by atoms with E-state index in [0.29, 0.717) is 13.1 Å². The van der Waals surface area contributed by atoms with Crippen molar-refractivity contribution in [3.63, 3.8) is 0 Å². The van der Waals surface area contributed by atoms with Crippen LogP contribution >= 0.6 is 0 Å². The van der Waals surface area contributed by atoms with Gasteiger partial charge in [-0.15, -0.1) is 0 Å². The summed E-state index contributed by atoms with van der Waals surface area (Å²) in [5, 5.41) is 10.3. The van der Waals surface area contributed by atoms with Gasteiger partial charge in [-0.05, 0) is 48.7 Å². The van der Waals surface area contributed by atoms with Crippen molar-refractivity contribution in [2.45, 2.75) is 25.4 Å². The number of hydrogen-bond acceptors (Lipinski definition) is 4. The molecule has 0 unspecified atom stereocenters. The molecule has 0 bridgehead atoms. The summed E-state index contributed by atoms with van der Waals surface area (Å²) in [6.07, 6.45) is 1.82. The van der Waals surface area contributed by atoms with E-state index in [1.165, 1.54) is 12.1 Å². The van der Waals surface area contributed by atoms with E-state index in [0.717, 1.165) is 54.8 Å². The highest BCUT2D eigenvalue weighted by atomic mass is 19.1. The van der Waals surface area contributed by atoms with E-state index in [-0.39, 0.29) is 17.9 Å². The maximum atomic E-state index is 13.0. The lowest BCUT2D eigenvalue weighted by atomic mass is 10.0. The molecule has 7 heteroatoms. The molecule has 4 rings (SSSR count). The van der Waals surface area contributed by atoms with E-state index >= 15 is 0 Å². The van der Waals surface area contributed by atoms with Gasteiger partial charge in [-0.1, -0.05) is 30.3 Å². The quantitative estimate of drug-likeness (QED) is 0.508. The predicted octanol–water partition coefficient (Wildman–Crippen LogP) is 3.75. The van der Waals surface area contributed by atoms with Crippen LogP contribution in [0, 0.1) is 5.82 Å². The van der Waals surface area contributed by atoms with E-state index in [1.54, 1.807) is 0 Å². The Morgan fingerprint density at radius 3 is 2.58 bits per heavy atom. The van der Waals surface area contributed by atoms with Gasteiger partial charge in [-0.2, -0.15) is 0 Å². The van der Waals surface area contributed by atoms with E-state index in [9.17, 15) is 9.18 Å². The molecular weight excluding hydrogens is 393 g/mol. The average molecular weight is 422 g/mol. The number of carbonyl (C=O) groups is 1. The Morgan fingerprint density at radius 1 is 1.00 bits per heavy atom. The number of anilines is 1. The van der Waals surface area contributed by atoms with Crippen molar-refractivity contribution in [1.29, 1.82) is 0 Å².